The van der Waals surface area contributed by atoms with Gasteiger partial charge in [0.05, 0.1) is 0 Å². The highest BCUT2D eigenvalue weighted by atomic mass is 16.1. The number of fused-ring (bicyclic) bond motifs is 1. The molecule has 3 aliphatic rings. The number of nitrogens with zero attached hydrogens (tertiary/aromatic N) is 3. The molecule has 1 saturated carbocycles. The van der Waals surface area contributed by atoms with Crippen LogP contribution in [0.3, 0.4) is 0 Å². The van der Waals surface area contributed by atoms with E-state index < -0.39 is 0 Å². The lowest BCUT2D eigenvalue weighted by Gasteiger charge is -2.35. The second-order valence-electron chi connectivity index (χ2n) is 8.41. The Morgan fingerprint density at radius 1 is 1.04 bits per heavy atom. The molecule has 26 heavy (non-hydrogen) atoms. The molecule has 4 rings (SSSR count). The summed E-state index contributed by atoms with van der Waals surface area (Å²) in [6.45, 7) is 3.98. The number of hydrogen-bond acceptors (Lipinski definition) is 4. The van der Waals surface area contributed by atoms with Crippen LogP contribution in [0.5, 0.6) is 0 Å². The molecule has 0 radical (unpaired) electrons. The summed E-state index contributed by atoms with van der Waals surface area (Å²) in [4.78, 5) is 24.2. The Labute approximate surface area is 157 Å². The molecular formula is C21H32N4O. The topological polar surface area (TPSA) is 58.1 Å². The van der Waals surface area contributed by atoms with E-state index in [0.29, 0.717) is 12.0 Å². The van der Waals surface area contributed by atoms with E-state index in [2.05, 4.69) is 15.2 Å². The van der Waals surface area contributed by atoms with Crippen molar-refractivity contribution in [1.29, 1.82) is 0 Å². The smallest absolute Gasteiger partial charge is 0.220 e. The van der Waals surface area contributed by atoms with Gasteiger partial charge in [-0.15, -0.1) is 0 Å². The normalized spacial score (nSPS) is 21.7. The molecule has 0 atom stereocenters. The Morgan fingerprint density at radius 3 is 2.54 bits per heavy atom. The number of carbonyl (C=O) groups is 1. The van der Waals surface area contributed by atoms with Crippen molar-refractivity contribution in [2.24, 2.45) is 5.92 Å². The molecule has 2 aliphatic carbocycles. The summed E-state index contributed by atoms with van der Waals surface area (Å²) in [5.74, 6) is 2.96. The van der Waals surface area contributed by atoms with Crippen molar-refractivity contribution in [2.45, 2.75) is 83.6 Å². The molecule has 142 valence electrons. The standard InChI is InChI=1S/C21H32N4O/c1-15-22-19-9-5-4-8-18(19)21(23-15)25-12-10-17(11-13-25)24-20(26)14-16-6-2-3-7-16/h16-17H,2-14H2,1H3,(H,24,26). The minimum absolute atomic E-state index is 0.269. The Balaban J connectivity index is 1.34. The Hall–Kier alpha value is -1.65. The summed E-state index contributed by atoms with van der Waals surface area (Å²) in [6, 6.07) is 0.332. The fraction of sp³-hybridized carbons (Fsp3) is 0.762. The van der Waals surface area contributed by atoms with E-state index in [1.807, 2.05) is 6.92 Å². The van der Waals surface area contributed by atoms with E-state index in [-0.39, 0.29) is 5.91 Å². The zero-order chi connectivity index (χ0) is 17.9. The fourth-order valence-corrected chi connectivity index (χ4v) is 4.96. The zero-order valence-electron chi connectivity index (χ0n) is 16.1. The highest BCUT2D eigenvalue weighted by molar-refractivity contribution is 5.76. The lowest BCUT2D eigenvalue weighted by atomic mass is 9.95. The summed E-state index contributed by atoms with van der Waals surface area (Å²) in [6.07, 6.45) is 12.6. The minimum atomic E-state index is 0.269. The van der Waals surface area contributed by atoms with Gasteiger partial charge < -0.3 is 10.2 Å². The van der Waals surface area contributed by atoms with Gasteiger partial charge in [-0.05, 0) is 64.2 Å². The maximum absolute atomic E-state index is 12.3. The third-order valence-corrected chi connectivity index (χ3v) is 6.38. The van der Waals surface area contributed by atoms with Gasteiger partial charge in [0.15, 0.2) is 0 Å². The number of nitrogens with one attached hydrogen (secondary N) is 1. The molecule has 1 aliphatic heterocycles. The molecule has 5 heteroatoms. The average Bonchev–Trinajstić information content (AvgIpc) is 3.14. The molecule has 0 bridgehead atoms. The van der Waals surface area contributed by atoms with E-state index in [9.17, 15) is 4.79 Å². The molecular weight excluding hydrogens is 324 g/mol. The van der Waals surface area contributed by atoms with Crippen LogP contribution in [0.25, 0.3) is 0 Å². The third kappa shape index (κ3) is 4.02. The first kappa shape index (κ1) is 17.7. The molecule has 1 amide bonds. The largest absolute Gasteiger partial charge is 0.356 e. The first-order chi connectivity index (χ1) is 12.7. The molecule has 1 aromatic heterocycles. The van der Waals surface area contributed by atoms with E-state index >= 15 is 0 Å². The van der Waals surface area contributed by atoms with Crippen LogP contribution < -0.4 is 10.2 Å². The summed E-state index contributed by atoms with van der Waals surface area (Å²) in [7, 11) is 0. The van der Waals surface area contributed by atoms with Crippen molar-refractivity contribution >= 4 is 11.7 Å². The summed E-state index contributed by atoms with van der Waals surface area (Å²) < 4.78 is 0. The van der Waals surface area contributed by atoms with E-state index in [1.54, 1.807) is 0 Å². The minimum Gasteiger partial charge on any atom is -0.356 e. The van der Waals surface area contributed by atoms with Crippen LogP contribution in [-0.2, 0) is 17.6 Å². The Morgan fingerprint density at radius 2 is 1.77 bits per heavy atom. The van der Waals surface area contributed by atoms with Crippen molar-refractivity contribution in [3.63, 3.8) is 0 Å². The number of hydrogen-bond donors (Lipinski definition) is 1. The lowest BCUT2D eigenvalue weighted by molar-refractivity contribution is -0.122. The molecule has 1 aromatic rings. The van der Waals surface area contributed by atoms with Crippen LogP contribution in [0.15, 0.2) is 0 Å². The number of rotatable bonds is 4. The zero-order valence-corrected chi connectivity index (χ0v) is 16.1. The molecule has 0 unspecified atom stereocenters. The molecule has 2 fully saturated rings. The number of amides is 1. The quantitative estimate of drug-likeness (QED) is 0.899. The molecule has 1 N–H and O–H groups in total. The molecule has 5 nitrogen and oxygen atoms in total. The Bertz CT molecular complexity index is 646. The van der Waals surface area contributed by atoms with E-state index in [4.69, 9.17) is 4.98 Å². The van der Waals surface area contributed by atoms with Crippen LogP contribution in [0, 0.1) is 12.8 Å². The van der Waals surface area contributed by atoms with Gasteiger partial charge in [-0.1, -0.05) is 12.8 Å². The summed E-state index contributed by atoms with van der Waals surface area (Å²) in [5.41, 5.74) is 2.65. The number of aryl methyl sites for hydroxylation is 2. The second kappa shape index (κ2) is 7.93. The van der Waals surface area contributed by atoms with Crippen LogP contribution in [0.2, 0.25) is 0 Å². The summed E-state index contributed by atoms with van der Waals surface area (Å²) in [5, 5.41) is 3.29. The van der Waals surface area contributed by atoms with Crippen LogP contribution >= 0.6 is 0 Å². The van der Waals surface area contributed by atoms with Gasteiger partial charge >= 0.3 is 0 Å². The van der Waals surface area contributed by atoms with Gasteiger partial charge in [0, 0.05) is 36.8 Å². The maximum Gasteiger partial charge on any atom is 0.220 e. The highest BCUT2D eigenvalue weighted by Crippen LogP contribution is 2.30. The lowest BCUT2D eigenvalue weighted by Crippen LogP contribution is -2.45. The van der Waals surface area contributed by atoms with Gasteiger partial charge in [0.2, 0.25) is 5.91 Å². The number of piperidine rings is 1. The number of anilines is 1. The predicted octanol–water partition coefficient (Wildman–Crippen LogP) is 3.33. The predicted molar refractivity (Wildman–Crippen MR) is 103 cm³/mol. The van der Waals surface area contributed by atoms with Crippen LogP contribution in [0.1, 0.15) is 74.9 Å². The SMILES string of the molecule is Cc1nc2c(c(N3CCC(NC(=O)CC4CCCC4)CC3)n1)CCCC2. The van der Waals surface area contributed by atoms with Crippen LogP contribution in [0.4, 0.5) is 5.82 Å². The monoisotopic (exact) mass is 356 g/mol. The third-order valence-electron chi connectivity index (χ3n) is 6.38. The van der Waals surface area contributed by atoms with Gasteiger partial charge in [-0.25, -0.2) is 9.97 Å². The number of aromatic nitrogens is 2. The first-order valence-electron chi connectivity index (χ1n) is 10.6. The highest BCUT2D eigenvalue weighted by Gasteiger charge is 2.26. The average molecular weight is 357 g/mol. The van der Waals surface area contributed by atoms with E-state index in [1.165, 1.54) is 55.6 Å². The molecule has 2 heterocycles. The van der Waals surface area contributed by atoms with Gasteiger partial charge in [-0.3, -0.25) is 4.79 Å². The van der Waals surface area contributed by atoms with Crippen molar-refractivity contribution in [1.82, 2.24) is 15.3 Å². The van der Waals surface area contributed by atoms with Crippen molar-refractivity contribution in [3.05, 3.63) is 17.1 Å². The second-order valence-corrected chi connectivity index (χ2v) is 8.41. The van der Waals surface area contributed by atoms with Crippen molar-refractivity contribution in [2.75, 3.05) is 18.0 Å². The fourth-order valence-electron chi connectivity index (χ4n) is 4.96. The molecule has 0 aromatic carbocycles. The van der Waals surface area contributed by atoms with Crippen molar-refractivity contribution in [3.8, 4) is 0 Å². The number of carbonyl (C=O) groups excluding carboxylic acids is 1. The van der Waals surface area contributed by atoms with Crippen molar-refractivity contribution < 1.29 is 4.79 Å². The van der Waals surface area contributed by atoms with Gasteiger partial charge in [0.1, 0.15) is 11.6 Å². The Kier molecular flexibility index (Phi) is 5.41. The first-order valence-corrected chi connectivity index (χ1v) is 10.6. The van der Waals surface area contributed by atoms with Gasteiger partial charge in [-0.2, -0.15) is 0 Å². The molecule has 0 spiro atoms. The summed E-state index contributed by atoms with van der Waals surface area (Å²) >= 11 is 0. The molecule has 1 saturated heterocycles. The van der Waals surface area contributed by atoms with Crippen LogP contribution in [-0.4, -0.2) is 35.0 Å². The maximum atomic E-state index is 12.3. The van der Waals surface area contributed by atoms with Gasteiger partial charge in [0.25, 0.3) is 0 Å². The van der Waals surface area contributed by atoms with E-state index in [0.717, 1.165) is 51.0 Å².